The van der Waals surface area contributed by atoms with E-state index in [2.05, 4.69) is 18.2 Å². The topological polar surface area (TPSA) is 64.7 Å². The lowest BCUT2D eigenvalue weighted by Crippen LogP contribution is -2.45. The fraction of sp³-hybridized carbons (Fsp3) is 0.478. The molecule has 0 fully saturated rings. The number of aliphatic hydroxyl groups excluding tert-OH is 1. The van der Waals surface area contributed by atoms with Crippen molar-refractivity contribution in [2.45, 2.75) is 57.8 Å². The van der Waals surface area contributed by atoms with Crippen molar-refractivity contribution >= 4 is 0 Å². The molecule has 2 aromatic carbocycles. The zero-order valence-electron chi connectivity index (χ0n) is 16.3. The molecule has 0 bridgehead atoms. The molecular weight excluding hydrogens is 338 g/mol. The fourth-order valence-corrected chi connectivity index (χ4v) is 3.77. The maximum absolute atomic E-state index is 10.6. The molecule has 0 heterocycles. The van der Waals surface area contributed by atoms with Crippen LogP contribution in [-0.2, 0) is 12.8 Å². The predicted octanol–water partition coefficient (Wildman–Crippen LogP) is 3.74. The third kappa shape index (κ3) is 5.47. The summed E-state index contributed by atoms with van der Waals surface area (Å²) >= 11 is 0. The van der Waals surface area contributed by atoms with E-state index in [-0.39, 0.29) is 24.7 Å². The van der Waals surface area contributed by atoms with Gasteiger partial charge in [-0.05, 0) is 80.8 Å². The Kier molecular flexibility index (Phi) is 6.75. The zero-order valence-corrected chi connectivity index (χ0v) is 16.3. The van der Waals surface area contributed by atoms with Gasteiger partial charge in [0.15, 0.2) is 0 Å². The molecule has 0 radical (unpaired) electrons. The monoisotopic (exact) mass is 369 g/mol. The van der Waals surface area contributed by atoms with Gasteiger partial charge in [-0.3, -0.25) is 0 Å². The number of aryl methyl sites for hydroxylation is 1. The average molecular weight is 370 g/mol. The molecule has 0 aliphatic heterocycles. The van der Waals surface area contributed by atoms with Crippen LogP contribution in [0.2, 0.25) is 0 Å². The second-order valence-corrected chi connectivity index (χ2v) is 7.72. The van der Waals surface area contributed by atoms with Gasteiger partial charge < -0.3 is 20.3 Å². The Morgan fingerprint density at radius 3 is 2.59 bits per heavy atom. The molecule has 0 spiro atoms. The molecule has 27 heavy (non-hydrogen) atoms. The number of aliphatic hydroxyl groups is 1. The van der Waals surface area contributed by atoms with Crippen LogP contribution < -0.4 is 15.2 Å². The lowest BCUT2D eigenvalue weighted by Gasteiger charge is -2.27. The van der Waals surface area contributed by atoms with Crippen LogP contribution in [0.5, 0.6) is 11.5 Å². The Morgan fingerprint density at radius 2 is 1.85 bits per heavy atom. The summed E-state index contributed by atoms with van der Waals surface area (Å²) in [5.41, 5.74) is 9.11. The van der Waals surface area contributed by atoms with E-state index in [1.54, 1.807) is 0 Å². The number of benzene rings is 2. The first-order valence-electron chi connectivity index (χ1n) is 9.93. The van der Waals surface area contributed by atoms with Crippen LogP contribution in [0.25, 0.3) is 0 Å². The second kappa shape index (κ2) is 9.25. The zero-order chi connectivity index (χ0) is 19.2. The van der Waals surface area contributed by atoms with Crippen LogP contribution in [0.3, 0.4) is 0 Å². The van der Waals surface area contributed by atoms with E-state index in [1.165, 1.54) is 11.1 Å². The number of para-hydroxylation sites is 1. The first-order valence-corrected chi connectivity index (χ1v) is 9.93. The Bertz CT molecular complexity index is 717. The lowest BCUT2D eigenvalue weighted by atomic mass is 9.87. The van der Waals surface area contributed by atoms with E-state index < -0.39 is 6.10 Å². The van der Waals surface area contributed by atoms with E-state index in [0.717, 1.165) is 37.2 Å². The highest BCUT2D eigenvalue weighted by molar-refractivity contribution is 5.37. The van der Waals surface area contributed by atoms with E-state index in [0.29, 0.717) is 0 Å². The van der Waals surface area contributed by atoms with Gasteiger partial charge >= 0.3 is 0 Å². The minimum absolute atomic E-state index is 0.156. The number of hydrogen-bond acceptors (Lipinski definition) is 4. The number of ether oxygens (including phenoxy) is 2. The van der Waals surface area contributed by atoms with Crippen molar-refractivity contribution in [2.24, 2.45) is 11.7 Å². The highest BCUT2D eigenvalue weighted by Crippen LogP contribution is 2.30. The van der Waals surface area contributed by atoms with Gasteiger partial charge in [-0.15, -0.1) is 0 Å². The minimum atomic E-state index is -0.688. The third-order valence-corrected chi connectivity index (χ3v) is 5.21. The standard InChI is InChI=1S/C23H31NO3/c1-16(2)27-21-12-11-17-7-6-8-18(13-19(17)14-21)23(24)22(25)15-26-20-9-4-3-5-10-20/h3-5,9-12,14,16,18,22-23,25H,6-8,13,15,24H2,1-2H3/t18?,22-,23?/m1/s1. The van der Waals surface area contributed by atoms with E-state index >= 15 is 0 Å². The molecule has 0 saturated heterocycles. The SMILES string of the molecule is CC(C)Oc1ccc2c(c1)CC(C(N)[C@H](O)COc1ccccc1)CCC2. The smallest absolute Gasteiger partial charge is 0.119 e. The van der Waals surface area contributed by atoms with Crippen LogP contribution in [0.15, 0.2) is 48.5 Å². The largest absolute Gasteiger partial charge is 0.491 e. The van der Waals surface area contributed by atoms with Crippen LogP contribution in [0.4, 0.5) is 0 Å². The van der Waals surface area contributed by atoms with Crippen LogP contribution in [-0.4, -0.2) is 30.0 Å². The van der Waals surface area contributed by atoms with Crippen LogP contribution >= 0.6 is 0 Å². The van der Waals surface area contributed by atoms with Crippen molar-refractivity contribution in [3.63, 3.8) is 0 Å². The number of nitrogens with two attached hydrogens (primary N) is 1. The summed E-state index contributed by atoms with van der Waals surface area (Å²) in [6, 6.07) is 15.6. The molecule has 1 aliphatic rings. The first kappa shape index (κ1) is 19.7. The average Bonchev–Trinajstić information content (AvgIpc) is 2.87. The highest BCUT2D eigenvalue weighted by Gasteiger charge is 2.28. The Morgan fingerprint density at radius 1 is 1.07 bits per heavy atom. The Labute approximate surface area is 162 Å². The molecule has 4 heteroatoms. The Hall–Kier alpha value is -2.04. The summed E-state index contributed by atoms with van der Waals surface area (Å²) in [4.78, 5) is 0. The highest BCUT2D eigenvalue weighted by atomic mass is 16.5. The molecule has 0 amide bonds. The van der Waals surface area contributed by atoms with Crippen molar-refractivity contribution in [1.82, 2.24) is 0 Å². The normalized spacial score (nSPS) is 19.1. The number of hydrogen-bond donors (Lipinski definition) is 2. The van der Waals surface area contributed by atoms with Crippen molar-refractivity contribution in [1.29, 1.82) is 0 Å². The molecule has 1 aliphatic carbocycles. The van der Waals surface area contributed by atoms with Crippen LogP contribution in [0.1, 0.15) is 37.8 Å². The molecule has 2 aromatic rings. The van der Waals surface area contributed by atoms with Gasteiger partial charge in [0, 0.05) is 6.04 Å². The quantitative estimate of drug-likeness (QED) is 0.730. The van der Waals surface area contributed by atoms with E-state index in [4.69, 9.17) is 15.2 Å². The van der Waals surface area contributed by atoms with Gasteiger partial charge in [0.25, 0.3) is 0 Å². The number of fused-ring (bicyclic) bond motifs is 1. The van der Waals surface area contributed by atoms with Gasteiger partial charge in [0.2, 0.25) is 0 Å². The van der Waals surface area contributed by atoms with Crippen molar-refractivity contribution in [2.75, 3.05) is 6.61 Å². The maximum atomic E-state index is 10.6. The summed E-state index contributed by atoms with van der Waals surface area (Å²) in [6.45, 7) is 4.28. The molecule has 0 saturated carbocycles. The molecule has 3 atom stereocenters. The van der Waals surface area contributed by atoms with Crippen LogP contribution in [0, 0.1) is 5.92 Å². The van der Waals surface area contributed by atoms with Crippen molar-refractivity contribution in [3.8, 4) is 11.5 Å². The predicted molar refractivity (Wildman–Crippen MR) is 108 cm³/mol. The summed E-state index contributed by atoms with van der Waals surface area (Å²) in [5.74, 6) is 1.89. The third-order valence-electron chi connectivity index (χ3n) is 5.21. The van der Waals surface area contributed by atoms with E-state index in [9.17, 15) is 5.11 Å². The van der Waals surface area contributed by atoms with Gasteiger partial charge in [-0.1, -0.05) is 24.3 Å². The van der Waals surface area contributed by atoms with Gasteiger partial charge in [-0.25, -0.2) is 0 Å². The summed E-state index contributed by atoms with van der Waals surface area (Å²) < 4.78 is 11.5. The van der Waals surface area contributed by atoms with Gasteiger partial charge in [0.05, 0.1) is 6.10 Å². The summed E-state index contributed by atoms with van der Waals surface area (Å²) in [5, 5.41) is 10.6. The number of rotatable bonds is 7. The molecule has 2 unspecified atom stereocenters. The molecule has 3 N–H and O–H groups in total. The molecule has 4 nitrogen and oxygen atoms in total. The van der Waals surface area contributed by atoms with Gasteiger partial charge in [-0.2, -0.15) is 0 Å². The van der Waals surface area contributed by atoms with Crippen molar-refractivity contribution in [3.05, 3.63) is 59.7 Å². The van der Waals surface area contributed by atoms with Gasteiger partial charge in [0.1, 0.15) is 24.2 Å². The summed E-state index contributed by atoms with van der Waals surface area (Å²) in [6.07, 6.45) is 3.49. The minimum Gasteiger partial charge on any atom is -0.491 e. The molecule has 3 rings (SSSR count). The maximum Gasteiger partial charge on any atom is 0.119 e. The lowest BCUT2D eigenvalue weighted by molar-refractivity contribution is 0.0645. The molecule has 0 aromatic heterocycles. The summed E-state index contributed by atoms with van der Waals surface area (Å²) in [7, 11) is 0. The van der Waals surface area contributed by atoms with E-state index in [1.807, 2.05) is 44.2 Å². The molecule has 146 valence electrons. The second-order valence-electron chi connectivity index (χ2n) is 7.72. The first-order chi connectivity index (χ1) is 13.0. The van der Waals surface area contributed by atoms with Crippen molar-refractivity contribution < 1.29 is 14.6 Å². The fourth-order valence-electron chi connectivity index (χ4n) is 3.77. The molecular formula is C23H31NO3. The Balaban J connectivity index is 1.64.